The molecule has 13 heavy (non-hydrogen) atoms. The number of carbonyl (C=O) groups excluding carboxylic acids is 1. The number of hydrogen-bond donors (Lipinski definition) is 1. The fourth-order valence-corrected chi connectivity index (χ4v) is 1.38. The van der Waals surface area contributed by atoms with Gasteiger partial charge in [-0.15, -0.1) is 22.9 Å². The average molecular weight is 219 g/mol. The van der Waals surface area contributed by atoms with Crippen LogP contribution in [-0.2, 0) is 0 Å². The SMILES string of the molecule is CC(CCl)CNC(=O)c1cncs1. The first kappa shape index (κ1) is 10.5. The zero-order valence-electron chi connectivity index (χ0n) is 7.29. The van der Waals surface area contributed by atoms with Gasteiger partial charge in [-0.2, -0.15) is 0 Å². The molecule has 0 saturated carbocycles. The summed E-state index contributed by atoms with van der Waals surface area (Å²) < 4.78 is 0. The molecular formula is C8H11ClN2OS. The molecule has 0 aliphatic carbocycles. The van der Waals surface area contributed by atoms with E-state index in [1.165, 1.54) is 11.3 Å². The predicted molar refractivity (Wildman–Crippen MR) is 54.3 cm³/mol. The van der Waals surface area contributed by atoms with Gasteiger partial charge < -0.3 is 5.32 Å². The summed E-state index contributed by atoms with van der Waals surface area (Å²) in [5, 5.41) is 2.78. The molecule has 3 nitrogen and oxygen atoms in total. The van der Waals surface area contributed by atoms with Gasteiger partial charge in [-0.3, -0.25) is 9.78 Å². The molecule has 1 N–H and O–H groups in total. The summed E-state index contributed by atoms with van der Waals surface area (Å²) in [4.78, 5) is 15.8. The van der Waals surface area contributed by atoms with E-state index in [0.717, 1.165) is 0 Å². The number of rotatable bonds is 4. The van der Waals surface area contributed by atoms with E-state index in [0.29, 0.717) is 23.2 Å². The zero-order chi connectivity index (χ0) is 9.68. The van der Waals surface area contributed by atoms with Crippen LogP contribution in [0, 0.1) is 5.92 Å². The van der Waals surface area contributed by atoms with E-state index in [4.69, 9.17) is 11.6 Å². The van der Waals surface area contributed by atoms with E-state index in [9.17, 15) is 4.79 Å². The molecule has 0 aliphatic rings. The van der Waals surface area contributed by atoms with Gasteiger partial charge in [0.05, 0.1) is 11.7 Å². The first-order valence-electron chi connectivity index (χ1n) is 3.96. The predicted octanol–water partition coefficient (Wildman–Crippen LogP) is 1.75. The van der Waals surface area contributed by atoms with E-state index in [1.807, 2.05) is 6.92 Å². The van der Waals surface area contributed by atoms with Crippen molar-refractivity contribution in [3.8, 4) is 0 Å². The Labute approximate surface area is 86.1 Å². The fraction of sp³-hybridized carbons (Fsp3) is 0.500. The lowest BCUT2D eigenvalue weighted by Gasteiger charge is -2.07. The van der Waals surface area contributed by atoms with Crippen molar-refractivity contribution >= 4 is 28.8 Å². The highest BCUT2D eigenvalue weighted by Gasteiger charge is 2.07. The lowest BCUT2D eigenvalue weighted by Crippen LogP contribution is -2.28. The highest BCUT2D eigenvalue weighted by atomic mass is 35.5. The molecule has 0 saturated heterocycles. The number of thiazole rings is 1. The molecule has 1 aromatic heterocycles. The number of alkyl halides is 1. The molecule has 1 unspecified atom stereocenters. The maximum absolute atomic E-state index is 11.3. The van der Waals surface area contributed by atoms with E-state index in [2.05, 4.69) is 10.3 Å². The molecule has 72 valence electrons. The van der Waals surface area contributed by atoms with Crippen molar-refractivity contribution in [3.63, 3.8) is 0 Å². The second-order valence-corrected chi connectivity index (χ2v) is 4.03. The van der Waals surface area contributed by atoms with Crippen LogP contribution in [0.25, 0.3) is 0 Å². The van der Waals surface area contributed by atoms with Crippen molar-refractivity contribution < 1.29 is 4.79 Å². The molecule has 0 aromatic carbocycles. The molecular weight excluding hydrogens is 208 g/mol. The first-order chi connectivity index (χ1) is 6.24. The van der Waals surface area contributed by atoms with E-state index < -0.39 is 0 Å². The number of amides is 1. The van der Waals surface area contributed by atoms with Crippen LogP contribution in [0.4, 0.5) is 0 Å². The Kier molecular flexibility index (Phi) is 4.18. The van der Waals surface area contributed by atoms with Crippen molar-refractivity contribution in [2.75, 3.05) is 12.4 Å². The normalized spacial score (nSPS) is 12.5. The molecule has 0 radical (unpaired) electrons. The summed E-state index contributed by atoms with van der Waals surface area (Å²) in [6.45, 7) is 2.60. The van der Waals surface area contributed by atoms with Crippen molar-refractivity contribution in [3.05, 3.63) is 16.6 Å². The summed E-state index contributed by atoms with van der Waals surface area (Å²) in [5.41, 5.74) is 1.64. The minimum absolute atomic E-state index is 0.0699. The van der Waals surface area contributed by atoms with Gasteiger partial charge in [-0.1, -0.05) is 6.92 Å². The van der Waals surface area contributed by atoms with Gasteiger partial charge in [0.2, 0.25) is 0 Å². The summed E-state index contributed by atoms with van der Waals surface area (Å²) in [6.07, 6.45) is 1.56. The number of nitrogens with one attached hydrogen (secondary N) is 1. The number of carbonyl (C=O) groups is 1. The topological polar surface area (TPSA) is 42.0 Å². The van der Waals surface area contributed by atoms with Gasteiger partial charge in [0.1, 0.15) is 4.88 Å². The summed E-state index contributed by atoms with van der Waals surface area (Å²) in [6, 6.07) is 0. The van der Waals surface area contributed by atoms with Gasteiger partial charge in [0.25, 0.3) is 5.91 Å². The molecule has 1 aromatic rings. The molecule has 1 rings (SSSR count). The minimum atomic E-state index is -0.0699. The van der Waals surface area contributed by atoms with Gasteiger partial charge in [-0.05, 0) is 5.92 Å². The molecule has 1 amide bonds. The van der Waals surface area contributed by atoms with Crippen molar-refractivity contribution in [1.82, 2.24) is 10.3 Å². The molecule has 1 heterocycles. The Bertz CT molecular complexity index is 263. The molecule has 5 heteroatoms. The number of halogens is 1. The smallest absolute Gasteiger partial charge is 0.263 e. The highest BCUT2D eigenvalue weighted by molar-refractivity contribution is 7.11. The summed E-state index contributed by atoms with van der Waals surface area (Å²) in [5.74, 6) is 0.793. The fourth-order valence-electron chi connectivity index (χ4n) is 0.737. The highest BCUT2D eigenvalue weighted by Crippen LogP contribution is 2.05. The van der Waals surface area contributed by atoms with E-state index in [-0.39, 0.29) is 5.91 Å². The average Bonchev–Trinajstić information content (AvgIpc) is 2.66. The zero-order valence-corrected chi connectivity index (χ0v) is 8.86. The number of hydrogen-bond acceptors (Lipinski definition) is 3. The Morgan fingerprint density at radius 1 is 1.85 bits per heavy atom. The van der Waals surface area contributed by atoms with Crippen LogP contribution in [0.2, 0.25) is 0 Å². The van der Waals surface area contributed by atoms with Crippen molar-refractivity contribution in [1.29, 1.82) is 0 Å². The Morgan fingerprint density at radius 3 is 3.15 bits per heavy atom. The second kappa shape index (κ2) is 5.19. The Hall–Kier alpha value is -0.610. The molecule has 0 bridgehead atoms. The summed E-state index contributed by atoms with van der Waals surface area (Å²) >= 11 is 6.93. The Balaban J connectivity index is 2.35. The minimum Gasteiger partial charge on any atom is -0.351 e. The van der Waals surface area contributed by atoms with Crippen molar-refractivity contribution in [2.45, 2.75) is 6.92 Å². The van der Waals surface area contributed by atoms with Crippen LogP contribution in [0.1, 0.15) is 16.6 Å². The molecule has 0 aliphatic heterocycles. The first-order valence-corrected chi connectivity index (χ1v) is 5.38. The third-order valence-corrected chi connectivity index (χ3v) is 2.83. The lowest BCUT2D eigenvalue weighted by atomic mass is 10.2. The Morgan fingerprint density at radius 2 is 2.62 bits per heavy atom. The molecule has 1 atom stereocenters. The van der Waals surface area contributed by atoms with Crippen LogP contribution in [0.15, 0.2) is 11.7 Å². The second-order valence-electron chi connectivity index (χ2n) is 2.84. The third kappa shape index (κ3) is 3.32. The lowest BCUT2D eigenvalue weighted by molar-refractivity contribution is 0.0953. The largest absolute Gasteiger partial charge is 0.351 e. The van der Waals surface area contributed by atoms with Gasteiger partial charge >= 0.3 is 0 Å². The standard InChI is InChI=1S/C8H11ClN2OS/c1-6(2-9)3-11-8(12)7-4-10-5-13-7/h4-6H,2-3H2,1H3,(H,11,12). The third-order valence-electron chi connectivity index (χ3n) is 1.53. The van der Waals surface area contributed by atoms with Gasteiger partial charge in [-0.25, -0.2) is 0 Å². The maximum atomic E-state index is 11.3. The molecule has 0 fully saturated rings. The van der Waals surface area contributed by atoms with Crippen LogP contribution < -0.4 is 5.32 Å². The van der Waals surface area contributed by atoms with Crippen LogP contribution in [0.5, 0.6) is 0 Å². The van der Waals surface area contributed by atoms with Crippen LogP contribution in [-0.4, -0.2) is 23.3 Å². The van der Waals surface area contributed by atoms with Crippen LogP contribution in [0.3, 0.4) is 0 Å². The van der Waals surface area contributed by atoms with E-state index >= 15 is 0 Å². The summed E-state index contributed by atoms with van der Waals surface area (Å²) in [7, 11) is 0. The van der Waals surface area contributed by atoms with Gasteiger partial charge in [0.15, 0.2) is 0 Å². The number of nitrogens with zero attached hydrogens (tertiary/aromatic N) is 1. The number of aromatic nitrogens is 1. The maximum Gasteiger partial charge on any atom is 0.263 e. The van der Waals surface area contributed by atoms with Gasteiger partial charge in [0, 0.05) is 12.4 Å². The molecule has 0 spiro atoms. The monoisotopic (exact) mass is 218 g/mol. The quantitative estimate of drug-likeness (QED) is 0.783. The van der Waals surface area contributed by atoms with Crippen molar-refractivity contribution in [2.24, 2.45) is 5.92 Å². The van der Waals surface area contributed by atoms with E-state index in [1.54, 1.807) is 11.7 Å². The van der Waals surface area contributed by atoms with Crippen LogP contribution >= 0.6 is 22.9 Å².